The van der Waals surface area contributed by atoms with Gasteiger partial charge in [0.2, 0.25) is 0 Å². The zero-order chi connectivity index (χ0) is 20.1. The van der Waals surface area contributed by atoms with Gasteiger partial charge < -0.3 is 10.3 Å². The molecule has 2 N–H and O–H groups in total. The van der Waals surface area contributed by atoms with E-state index in [1.165, 1.54) is 29.5 Å². The molecule has 0 saturated heterocycles. The normalized spacial score (nSPS) is 11.5. The number of fused-ring (bicyclic) bond motifs is 1. The molecule has 4 heteroatoms. The van der Waals surface area contributed by atoms with Crippen molar-refractivity contribution in [2.45, 2.75) is 13.0 Å². The van der Waals surface area contributed by atoms with Gasteiger partial charge in [-0.3, -0.25) is 4.99 Å². The Morgan fingerprint density at radius 1 is 1.18 bits per heavy atom. The van der Waals surface area contributed by atoms with Crippen LogP contribution in [0.2, 0.25) is 0 Å². The van der Waals surface area contributed by atoms with Gasteiger partial charge in [-0.15, -0.1) is 6.58 Å². The van der Waals surface area contributed by atoms with Crippen molar-refractivity contribution in [1.82, 2.24) is 4.57 Å². The Kier molecular flexibility index (Phi) is 5.90. The van der Waals surface area contributed by atoms with Gasteiger partial charge >= 0.3 is 0 Å². The highest BCUT2D eigenvalue weighted by atomic mass is 19.1. The van der Waals surface area contributed by atoms with Gasteiger partial charge in [0.1, 0.15) is 5.82 Å². The van der Waals surface area contributed by atoms with Crippen LogP contribution in [0.5, 0.6) is 0 Å². The maximum absolute atomic E-state index is 14.0. The lowest BCUT2D eigenvalue weighted by molar-refractivity contribution is 0.629. The van der Waals surface area contributed by atoms with Crippen LogP contribution < -0.4 is 5.73 Å². The lowest BCUT2D eigenvalue weighted by Crippen LogP contribution is -1.99. The van der Waals surface area contributed by atoms with Gasteiger partial charge in [0.15, 0.2) is 0 Å². The maximum Gasteiger partial charge on any atom is 0.123 e. The molecular formula is C24H24FN3. The minimum Gasteiger partial charge on any atom is -0.404 e. The highest BCUT2D eigenvalue weighted by Gasteiger charge is 2.15. The Hall–Kier alpha value is -3.40. The van der Waals surface area contributed by atoms with E-state index in [1.807, 2.05) is 18.3 Å². The van der Waals surface area contributed by atoms with Crippen LogP contribution in [0.1, 0.15) is 16.7 Å². The van der Waals surface area contributed by atoms with Gasteiger partial charge in [0.05, 0.1) is 6.54 Å². The molecule has 0 amide bonds. The van der Waals surface area contributed by atoms with Crippen molar-refractivity contribution < 1.29 is 4.39 Å². The number of rotatable bonds is 8. The van der Waals surface area contributed by atoms with Crippen LogP contribution in [0.3, 0.4) is 0 Å². The molecule has 28 heavy (non-hydrogen) atoms. The third-order valence-electron chi connectivity index (χ3n) is 4.76. The molecular weight excluding hydrogens is 349 g/mol. The first kappa shape index (κ1) is 19.4. The first-order chi connectivity index (χ1) is 13.6. The largest absolute Gasteiger partial charge is 0.404 e. The summed E-state index contributed by atoms with van der Waals surface area (Å²) in [4.78, 5) is 3.90. The summed E-state index contributed by atoms with van der Waals surface area (Å²) in [6, 6.07) is 13.2. The summed E-state index contributed by atoms with van der Waals surface area (Å²) in [6.45, 7) is 12.5. The number of aliphatic imine (C=N–C) groups is 1. The molecule has 2 aromatic carbocycles. The van der Waals surface area contributed by atoms with Crippen LogP contribution in [0, 0.1) is 5.82 Å². The molecule has 0 radical (unpaired) electrons. The number of allylic oxidation sites excluding steroid dienone is 1. The standard InChI is InChI=1S/C24H24FN3/c1-4-6-18-7-5-8-19(11-18)15-28-16-23(17(2)20(13-26)14-27-3)22-12-21(25)9-10-24(22)28/h4-5,7-13,16H,1-3,6,14-15,26H2/b20-13+. The Labute approximate surface area is 165 Å². The summed E-state index contributed by atoms with van der Waals surface area (Å²) >= 11 is 0. The average molecular weight is 373 g/mol. The highest BCUT2D eigenvalue weighted by molar-refractivity contribution is 5.96. The Balaban J connectivity index is 2.07. The van der Waals surface area contributed by atoms with E-state index < -0.39 is 0 Å². The van der Waals surface area contributed by atoms with E-state index in [0.29, 0.717) is 13.1 Å². The topological polar surface area (TPSA) is 43.3 Å². The number of hydrogen-bond acceptors (Lipinski definition) is 2. The first-order valence-electron chi connectivity index (χ1n) is 9.07. The van der Waals surface area contributed by atoms with Gasteiger partial charge in [-0.2, -0.15) is 0 Å². The molecule has 0 spiro atoms. The lowest BCUT2D eigenvalue weighted by atomic mass is 9.99. The Morgan fingerprint density at radius 3 is 2.68 bits per heavy atom. The van der Waals surface area contributed by atoms with Crippen molar-refractivity contribution in [3.8, 4) is 0 Å². The summed E-state index contributed by atoms with van der Waals surface area (Å²) in [5, 5.41) is 0.802. The number of nitrogens with two attached hydrogens (primary N) is 1. The van der Waals surface area contributed by atoms with E-state index in [9.17, 15) is 4.39 Å². The molecule has 0 saturated carbocycles. The number of benzene rings is 2. The summed E-state index contributed by atoms with van der Waals surface area (Å²) in [5.41, 5.74) is 11.4. The molecule has 0 aliphatic carbocycles. The van der Waals surface area contributed by atoms with E-state index in [-0.39, 0.29) is 5.82 Å². The average Bonchev–Trinajstić information content (AvgIpc) is 3.03. The van der Waals surface area contributed by atoms with E-state index in [2.05, 4.69) is 47.6 Å². The highest BCUT2D eigenvalue weighted by Crippen LogP contribution is 2.31. The van der Waals surface area contributed by atoms with Crippen LogP contribution in [-0.2, 0) is 13.0 Å². The van der Waals surface area contributed by atoms with E-state index in [1.54, 1.807) is 6.07 Å². The van der Waals surface area contributed by atoms with Gasteiger partial charge in [0, 0.05) is 29.2 Å². The van der Waals surface area contributed by atoms with E-state index >= 15 is 0 Å². The molecule has 0 unspecified atom stereocenters. The first-order valence-corrected chi connectivity index (χ1v) is 9.07. The van der Waals surface area contributed by atoms with Gasteiger partial charge in [0.25, 0.3) is 0 Å². The summed E-state index contributed by atoms with van der Waals surface area (Å²) in [6.07, 6.45) is 6.20. The zero-order valence-electron chi connectivity index (χ0n) is 15.9. The summed E-state index contributed by atoms with van der Waals surface area (Å²) in [7, 11) is 0. The molecule has 3 aromatic rings. The van der Waals surface area contributed by atoms with Crippen LogP contribution in [-0.4, -0.2) is 17.8 Å². The van der Waals surface area contributed by atoms with Crippen molar-refractivity contribution in [3.05, 3.63) is 102 Å². The molecule has 0 aliphatic heterocycles. The summed E-state index contributed by atoms with van der Waals surface area (Å²) < 4.78 is 16.1. The molecule has 3 nitrogen and oxygen atoms in total. The van der Waals surface area contributed by atoms with Gasteiger partial charge in [-0.25, -0.2) is 4.39 Å². The van der Waals surface area contributed by atoms with E-state index in [0.717, 1.165) is 34.0 Å². The van der Waals surface area contributed by atoms with Gasteiger partial charge in [-0.1, -0.05) is 36.9 Å². The maximum atomic E-state index is 14.0. The molecule has 3 rings (SSSR count). The zero-order valence-corrected chi connectivity index (χ0v) is 15.9. The number of halogens is 1. The predicted molar refractivity (Wildman–Crippen MR) is 117 cm³/mol. The van der Waals surface area contributed by atoms with Crippen LogP contribution >= 0.6 is 0 Å². The van der Waals surface area contributed by atoms with Crippen molar-refractivity contribution in [3.63, 3.8) is 0 Å². The number of nitrogens with zero attached hydrogens (tertiary/aromatic N) is 2. The predicted octanol–water partition coefficient (Wildman–Crippen LogP) is 5.11. The van der Waals surface area contributed by atoms with Gasteiger partial charge in [-0.05, 0) is 59.8 Å². The van der Waals surface area contributed by atoms with Crippen molar-refractivity contribution in [2.24, 2.45) is 10.7 Å². The minimum absolute atomic E-state index is 0.285. The van der Waals surface area contributed by atoms with Crippen LogP contribution in [0.15, 0.2) is 84.7 Å². The second-order valence-corrected chi connectivity index (χ2v) is 6.70. The minimum atomic E-state index is -0.285. The quantitative estimate of drug-likeness (QED) is 0.333. The molecule has 142 valence electrons. The van der Waals surface area contributed by atoms with Crippen molar-refractivity contribution in [1.29, 1.82) is 0 Å². The molecule has 1 heterocycles. The van der Waals surface area contributed by atoms with Crippen molar-refractivity contribution >= 4 is 23.2 Å². The summed E-state index contributed by atoms with van der Waals surface area (Å²) in [5.74, 6) is -0.285. The SMILES string of the molecule is C=CCc1cccc(Cn2cc(C(=C)/C(=C/N)CN=C)c3cc(F)ccc32)c1. The van der Waals surface area contributed by atoms with Crippen molar-refractivity contribution in [2.75, 3.05) is 6.54 Å². The molecule has 1 aromatic heterocycles. The van der Waals surface area contributed by atoms with Crippen LogP contribution in [0.25, 0.3) is 16.5 Å². The Morgan fingerprint density at radius 2 is 1.96 bits per heavy atom. The lowest BCUT2D eigenvalue weighted by Gasteiger charge is -2.08. The third kappa shape index (κ3) is 3.96. The molecule has 0 bridgehead atoms. The molecule has 0 atom stereocenters. The smallest absolute Gasteiger partial charge is 0.123 e. The number of hydrogen-bond donors (Lipinski definition) is 1. The fourth-order valence-electron chi connectivity index (χ4n) is 3.40. The second-order valence-electron chi connectivity index (χ2n) is 6.70. The second kappa shape index (κ2) is 8.53. The Bertz CT molecular complexity index is 1070. The third-order valence-corrected chi connectivity index (χ3v) is 4.76. The fourth-order valence-corrected chi connectivity index (χ4v) is 3.40. The number of aromatic nitrogens is 1. The molecule has 0 aliphatic rings. The monoisotopic (exact) mass is 373 g/mol. The van der Waals surface area contributed by atoms with E-state index in [4.69, 9.17) is 5.73 Å². The molecule has 0 fully saturated rings. The fraction of sp³-hybridized carbons (Fsp3) is 0.125. The van der Waals surface area contributed by atoms with Crippen LogP contribution in [0.4, 0.5) is 4.39 Å².